The number of carbonyl (C=O) groups is 1. The van der Waals surface area contributed by atoms with Gasteiger partial charge in [0.2, 0.25) is 10.0 Å². The number of aromatic nitrogens is 1. The summed E-state index contributed by atoms with van der Waals surface area (Å²) in [5, 5.41) is 6.87. The van der Waals surface area contributed by atoms with Crippen molar-refractivity contribution in [2.45, 2.75) is 51.5 Å². The smallest absolute Gasteiger partial charge is 0.253 e. The average molecular weight is 515 g/mol. The van der Waals surface area contributed by atoms with E-state index in [0.29, 0.717) is 37.9 Å². The minimum atomic E-state index is -3.24. The SMILES string of the molecule is CCCS(=O)(=O)N1CCC(c2cccc(C)n2)([C@H](C)NC(=O)c2cscc2Br)CC1. The fourth-order valence-electron chi connectivity index (χ4n) is 4.14. The summed E-state index contributed by atoms with van der Waals surface area (Å²) in [6, 6.07) is 5.71. The van der Waals surface area contributed by atoms with Crippen molar-refractivity contribution in [1.29, 1.82) is 0 Å². The first-order valence-electron chi connectivity index (χ1n) is 10.1. The summed E-state index contributed by atoms with van der Waals surface area (Å²) in [5.41, 5.74) is 2.00. The molecule has 2 aromatic rings. The first kappa shape index (κ1) is 23.4. The lowest BCUT2D eigenvalue weighted by atomic mass is 9.70. The molecule has 6 nitrogen and oxygen atoms in total. The lowest BCUT2D eigenvalue weighted by molar-refractivity contribution is 0.0892. The van der Waals surface area contributed by atoms with Crippen LogP contribution in [0.3, 0.4) is 0 Å². The molecule has 0 spiro atoms. The molecule has 1 saturated heterocycles. The van der Waals surface area contributed by atoms with Gasteiger partial charge in [0.05, 0.1) is 11.3 Å². The molecule has 0 aliphatic carbocycles. The Morgan fingerprint density at radius 2 is 2.03 bits per heavy atom. The van der Waals surface area contributed by atoms with E-state index in [1.54, 1.807) is 4.31 Å². The molecule has 1 N–H and O–H groups in total. The van der Waals surface area contributed by atoms with Gasteiger partial charge in [0.25, 0.3) is 5.91 Å². The molecular weight excluding hydrogens is 486 g/mol. The first-order chi connectivity index (χ1) is 14.2. The molecule has 3 heterocycles. The largest absolute Gasteiger partial charge is 0.349 e. The van der Waals surface area contributed by atoms with Crippen LogP contribution in [0.25, 0.3) is 0 Å². The molecule has 0 aromatic carbocycles. The third-order valence-corrected chi connectivity index (χ3v) is 9.68. The van der Waals surface area contributed by atoms with E-state index in [1.807, 2.05) is 49.7 Å². The second kappa shape index (κ2) is 9.46. The van der Waals surface area contributed by atoms with E-state index in [1.165, 1.54) is 11.3 Å². The fourth-order valence-corrected chi connectivity index (χ4v) is 7.11. The van der Waals surface area contributed by atoms with Crippen molar-refractivity contribution in [3.63, 3.8) is 0 Å². The Kier molecular flexibility index (Phi) is 7.37. The van der Waals surface area contributed by atoms with Crippen LogP contribution in [0.4, 0.5) is 0 Å². The van der Waals surface area contributed by atoms with Crippen LogP contribution < -0.4 is 5.32 Å². The summed E-state index contributed by atoms with van der Waals surface area (Å²) in [5.74, 6) is 0.0324. The molecule has 2 aromatic heterocycles. The van der Waals surface area contributed by atoms with Crippen LogP contribution in [-0.2, 0) is 15.4 Å². The minimum absolute atomic E-state index is 0.135. The Hall–Kier alpha value is -1.29. The second-order valence-electron chi connectivity index (χ2n) is 7.86. The lowest BCUT2D eigenvalue weighted by Gasteiger charge is -2.45. The zero-order valence-corrected chi connectivity index (χ0v) is 20.7. The lowest BCUT2D eigenvalue weighted by Crippen LogP contribution is -2.55. The van der Waals surface area contributed by atoms with E-state index in [2.05, 4.69) is 21.2 Å². The molecule has 1 amide bonds. The summed E-state index contributed by atoms with van der Waals surface area (Å²) in [6.45, 7) is 6.69. The number of pyridine rings is 1. The molecule has 30 heavy (non-hydrogen) atoms. The third-order valence-electron chi connectivity index (χ3n) is 5.90. The van der Waals surface area contributed by atoms with E-state index in [4.69, 9.17) is 4.98 Å². The maximum Gasteiger partial charge on any atom is 0.253 e. The predicted molar refractivity (Wildman–Crippen MR) is 124 cm³/mol. The maximum atomic E-state index is 12.9. The summed E-state index contributed by atoms with van der Waals surface area (Å²) < 4.78 is 27.5. The zero-order valence-electron chi connectivity index (χ0n) is 17.5. The van der Waals surface area contributed by atoms with Gasteiger partial charge in [-0.25, -0.2) is 12.7 Å². The molecular formula is C21H28BrN3O3S2. The molecule has 1 atom stereocenters. The molecule has 1 aliphatic heterocycles. The van der Waals surface area contributed by atoms with E-state index in [-0.39, 0.29) is 17.7 Å². The Labute approximate surface area is 191 Å². The molecule has 0 bridgehead atoms. The van der Waals surface area contributed by atoms with Crippen molar-refractivity contribution in [1.82, 2.24) is 14.6 Å². The van der Waals surface area contributed by atoms with Gasteiger partial charge in [-0.3, -0.25) is 9.78 Å². The highest BCUT2D eigenvalue weighted by molar-refractivity contribution is 9.10. The van der Waals surface area contributed by atoms with Gasteiger partial charge in [0.15, 0.2) is 0 Å². The number of rotatable bonds is 7. The summed E-state index contributed by atoms with van der Waals surface area (Å²) >= 11 is 4.90. The topological polar surface area (TPSA) is 79.4 Å². The highest BCUT2D eigenvalue weighted by Gasteiger charge is 2.44. The van der Waals surface area contributed by atoms with Gasteiger partial charge < -0.3 is 5.32 Å². The van der Waals surface area contributed by atoms with E-state index < -0.39 is 15.4 Å². The van der Waals surface area contributed by atoms with Gasteiger partial charge in [-0.05, 0) is 61.2 Å². The van der Waals surface area contributed by atoms with Crippen LogP contribution in [0, 0.1) is 6.92 Å². The number of nitrogens with one attached hydrogen (secondary N) is 1. The number of amides is 1. The summed E-state index contributed by atoms with van der Waals surface area (Å²) in [7, 11) is -3.24. The molecule has 3 rings (SSSR count). The van der Waals surface area contributed by atoms with Crippen molar-refractivity contribution in [3.05, 3.63) is 50.4 Å². The summed E-state index contributed by atoms with van der Waals surface area (Å²) in [6.07, 6.45) is 1.82. The van der Waals surface area contributed by atoms with Crippen LogP contribution in [0.5, 0.6) is 0 Å². The van der Waals surface area contributed by atoms with Gasteiger partial charge in [-0.1, -0.05) is 13.0 Å². The number of carbonyl (C=O) groups excluding carboxylic acids is 1. The van der Waals surface area contributed by atoms with Crippen LogP contribution >= 0.6 is 27.3 Å². The van der Waals surface area contributed by atoms with Gasteiger partial charge in [0.1, 0.15) is 0 Å². The standard InChI is InChI=1S/C21H28BrN3O3S2/c1-4-12-30(27,28)25-10-8-21(9-11-25,19-7-5-6-15(2)23-19)16(3)24-20(26)17-13-29-14-18(17)22/h5-7,13-14,16H,4,8-12H2,1-3H3,(H,24,26)/t16-/m0/s1. The van der Waals surface area contributed by atoms with Gasteiger partial charge in [-0.2, -0.15) is 11.3 Å². The molecule has 164 valence electrons. The van der Waals surface area contributed by atoms with Crippen LogP contribution in [0.2, 0.25) is 0 Å². The first-order valence-corrected chi connectivity index (χ1v) is 13.5. The molecule has 9 heteroatoms. The molecule has 1 fully saturated rings. The Morgan fingerprint density at radius 3 is 2.60 bits per heavy atom. The highest BCUT2D eigenvalue weighted by Crippen LogP contribution is 2.39. The minimum Gasteiger partial charge on any atom is -0.349 e. The maximum absolute atomic E-state index is 12.9. The Balaban J connectivity index is 1.88. The van der Waals surface area contributed by atoms with Crippen molar-refractivity contribution in [2.24, 2.45) is 0 Å². The molecule has 0 radical (unpaired) electrons. The molecule has 0 saturated carbocycles. The number of piperidine rings is 1. The van der Waals surface area contributed by atoms with E-state index in [0.717, 1.165) is 15.9 Å². The van der Waals surface area contributed by atoms with Crippen LogP contribution in [-0.4, -0.2) is 48.5 Å². The number of sulfonamides is 1. The van der Waals surface area contributed by atoms with Crippen molar-refractivity contribution in [2.75, 3.05) is 18.8 Å². The van der Waals surface area contributed by atoms with Gasteiger partial charge in [-0.15, -0.1) is 0 Å². The van der Waals surface area contributed by atoms with Crippen molar-refractivity contribution in [3.8, 4) is 0 Å². The number of halogens is 1. The number of hydrogen-bond donors (Lipinski definition) is 1. The van der Waals surface area contributed by atoms with Gasteiger partial charge in [0, 0.05) is 51.2 Å². The normalized spacial score (nSPS) is 18.1. The number of nitrogens with zero attached hydrogens (tertiary/aromatic N) is 2. The fraction of sp³-hybridized carbons (Fsp3) is 0.524. The number of hydrogen-bond acceptors (Lipinski definition) is 5. The second-order valence-corrected chi connectivity index (χ2v) is 11.6. The highest BCUT2D eigenvalue weighted by atomic mass is 79.9. The number of aryl methyl sites for hydroxylation is 1. The van der Waals surface area contributed by atoms with Crippen LogP contribution in [0.1, 0.15) is 54.9 Å². The van der Waals surface area contributed by atoms with Crippen molar-refractivity contribution >= 4 is 43.2 Å². The monoisotopic (exact) mass is 513 g/mol. The summed E-state index contributed by atoms with van der Waals surface area (Å²) in [4.78, 5) is 17.6. The Morgan fingerprint density at radius 1 is 1.33 bits per heavy atom. The molecule has 1 aliphatic rings. The van der Waals surface area contributed by atoms with Crippen LogP contribution in [0.15, 0.2) is 33.4 Å². The van der Waals surface area contributed by atoms with Gasteiger partial charge >= 0.3 is 0 Å². The van der Waals surface area contributed by atoms with Crippen molar-refractivity contribution < 1.29 is 13.2 Å². The zero-order chi connectivity index (χ0) is 21.9. The average Bonchev–Trinajstić information content (AvgIpc) is 3.14. The quantitative estimate of drug-likeness (QED) is 0.604. The Bertz CT molecular complexity index is 998. The van der Waals surface area contributed by atoms with E-state index >= 15 is 0 Å². The predicted octanol–water partition coefficient (Wildman–Crippen LogP) is 4.11. The number of thiophene rings is 1. The van der Waals surface area contributed by atoms with E-state index in [9.17, 15) is 13.2 Å². The third kappa shape index (κ3) is 4.79. The molecule has 0 unspecified atom stereocenters.